The van der Waals surface area contributed by atoms with E-state index < -0.39 is 20.9 Å². The molecule has 0 aromatic heterocycles. The van der Waals surface area contributed by atoms with Crippen molar-refractivity contribution in [2.75, 3.05) is 22.8 Å². The fourth-order valence-corrected chi connectivity index (χ4v) is 4.97. The van der Waals surface area contributed by atoms with Crippen molar-refractivity contribution < 1.29 is 27.6 Å². The minimum absolute atomic E-state index is 0.0801. The summed E-state index contributed by atoms with van der Waals surface area (Å²) in [4.78, 5) is 22.4. The molecule has 1 atom stereocenters. The van der Waals surface area contributed by atoms with E-state index in [-0.39, 0.29) is 29.8 Å². The van der Waals surface area contributed by atoms with Crippen LogP contribution in [-0.4, -0.2) is 38.5 Å². The zero-order valence-electron chi connectivity index (χ0n) is 18.1. The van der Waals surface area contributed by atoms with E-state index >= 15 is 0 Å². The smallest absolute Gasteiger partial charge is 0.269 e. The van der Waals surface area contributed by atoms with Gasteiger partial charge in [0.1, 0.15) is 17.6 Å². The first-order valence-corrected chi connectivity index (χ1v) is 11.7. The van der Waals surface area contributed by atoms with Gasteiger partial charge in [0.25, 0.3) is 21.6 Å². The number of non-ortho nitro benzene ring substituents is 1. The van der Waals surface area contributed by atoms with Crippen LogP contribution in [0.3, 0.4) is 0 Å². The van der Waals surface area contributed by atoms with Gasteiger partial charge in [-0.3, -0.25) is 19.2 Å². The summed E-state index contributed by atoms with van der Waals surface area (Å²) in [6.07, 6.45) is -0.306. The highest BCUT2D eigenvalue weighted by Gasteiger charge is 2.32. The maximum atomic E-state index is 13.3. The summed E-state index contributed by atoms with van der Waals surface area (Å²) in [5.74, 6) is 0.342. The molecule has 0 unspecified atom stereocenters. The number of benzene rings is 3. The second-order valence-corrected chi connectivity index (χ2v) is 9.41. The fourth-order valence-electron chi connectivity index (χ4n) is 3.42. The number of amides is 1. The van der Waals surface area contributed by atoms with Crippen molar-refractivity contribution in [1.82, 2.24) is 0 Å². The number of fused-ring (bicyclic) bond motifs is 1. The van der Waals surface area contributed by atoms with Crippen molar-refractivity contribution in [2.45, 2.75) is 17.9 Å². The van der Waals surface area contributed by atoms with Gasteiger partial charge in [-0.1, -0.05) is 12.1 Å². The van der Waals surface area contributed by atoms with Crippen LogP contribution in [0, 0.1) is 10.1 Å². The molecule has 0 spiro atoms. The van der Waals surface area contributed by atoms with Crippen LogP contribution in [0.2, 0.25) is 0 Å². The zero-order chi connectivity index (χ0) is 24.3. The van der Waals surface area contributed by atoms with E-state index in [9.17, 15) is 23.3 Å². The normalized spacial score (nSPS) is 15.1. The maximum absolute atomic E-state index is 13.3. The van der Waals surface area contributed by atoms with Gasteiger partial charge in [-0.05, 0) is 55.5 Å². The Morgan fingerprint density at radius 1 is 1.12 bits per heavy atom. The highest BCUT2D eigenvalue weighted by Crippen LogP contribution is 2.36. The predicted molar refractivity (Wildman–Crippen MR) is 125 cm³/mol. The minimum Gasteiger partial charge on any atom is -0.487 e. The Kier molecular flexibility index (Phi) is 6.37. The minimum atomic E-state index is -3.84. The van der Waals surface area contributed by atoms with Gasteiger partial charge in [0, 0.05) is 17.8 Å². The lowest BCUT2D eigenvalue weighted by Gasteiger charge is -2.34. The molecule has 176 valence electrons. The number of nitrogens with zero attached hydrogens (tertiary/aromatic N) is 2. The Morgan fingerprint density at radius 3 is 2.47 bits per heavy atom. The first kappa shape index (κ1) is 23.1. The molecular formula is C23H21N3O7S. The van der Waals surface area contributed by atoms with Gasteiger partial charge in [-0.25, -0.2) is 8.42 Å². The monoisotopic (exact) mass is 483 g/mol. The number of nitro benzene ring substituents is 1. The number of ether oxygens (including phenoxy) is 2. The van der Waals surface area contributed by atoms with Crippen molar-refractivity contribution in [2.24, 2.45) is 0 Å². The molecule has 0 bridgehead atoms. The van der Waals surface area contributed by atoms with Crippen molar-refractivity contribution >= 4 is 33.0 Å². The largest absolute Gasteiger partial charge is 0.487 e. The van der Waals surface area contributed by atoms with Crippen LogP contribution in [0.25, 0.3) is 0 Å². The quantitative estimate of drug-likeness (QED) is 0.402. The standard InChI is InChI=1S/C23H21N3O7S/c1-16-14-25(21-4-2-3-5-22(21)33-16)34(30,31)20-12-6-17(7-13-20)24-23(27)15-32-19-10-8-18(9-11-19)26(28)29/h2-13,16H,14-15H2,1H3,(H,24,27)/t16-/m0/s1. The molecule has 0 radical (unpaired) electrons. The van der Waals surface area contributed by atoms with Crippen LogP contribution in [0.1, 0.15) is 6.92 Å². The predicted octanol–water partition coefficient (Wildman–Crippen LogP) is 3.59. The number of carbonyl (C=O) groups is 1. The number of nitro groups is 1. The summed E-state index contributed by atoms with van der Waals surface area (Å²) >= 11 is 0. The Morgan fingerprint density at radius 2 is 1.79 bits per heavy atom. The molecule has 0 saturated carbocycles. The molecule has 34 heavy (non-hydrogen) atoms. The number of hydrogen-bond donors (Lipinski definition) is 1. The van der Waals surface area contributed by atoms with Gasteiger partial charge >= 0.3 is 0 Å². The molecule has 0 aliphatic carbocycles. The summed E-state index contributed by atoms with van der Waals surface area (Å²) in [6.45, 7) is 1.66. The van der Waals surface area contributed by atoms with Crippen molar-refractivity contribution in [3.8, 4) is 11.5 Å². The first-order valence-electron chi connectivity index (χ1n) is 10.3. The molecule has 1 N–H and O–H groups in total. The van der Waals surface area contributed by atoms with E-state index in [1.807, 2.05) is 0 Å². The zero-order valence-corrected chi connectivity index (χ0v) is 18.9. The Balaban J connectivity index is 1.41. The third-order valence-electron chi connectivity index (χ3n) is 5.03. The summed E-state index contributed by atoms with van der Waals surface area (Å²) in [6, 6.07) is 18.1. The van der Waals surface area contributed by atoms with E-state index in [1.54, 1.807) is 31.2 Å². The topological polar surface area (TPSA) is 128 Å². The van der Waals surface area contributed by atoms with Crippen molar-refractivity contribution in [1.29, 1.82) is 0 Å². The molecule has 0 fully saturated rings. The van der Waals surface area contributed by atoms with E-state index in [0.717, 1.165) is 0 Å². The van der Waals surface area contributed by atoms with Gasteiger partial charge in [0.05, 0.1) is 22.1 Å². The molecule has 1 aliphatic heterocycles. The van der Waals surface area contributed by atoms with E-state index in [1.165, 1.54) is 52.8 Å². The third-order valence-corrected chi connectivity index (χ3v) is 6.82. The van der Waals surface area contributed by atoms with Crippen LogP contribution in [-0.2, 0) is 14.8 Å². The van der Waals surface area contributed by atoms with Gasteiger partial charge in [-0.15, -0.1) is 0 Å². The molecule has 1 heterocycles. The summed E-state index contributed by atoms with van der Waals surface area (Å²) in [7, 11) is -3.84. The van der Waals surface area contributed by atoms with E-state index in [4.69, 9.17) is 9.47 Å². The van der Waals surface area contributed by atoms with Gasteiger partial charge in [0.15, 0.2) is 6.61 Å². The highest BCUT2D eigenvalue weighted by atomic mass is 32.2. The Bertz CT molecular complexity index is 1310. The third kappa shape index (κ3) is 4.94. The number of para-hydroxylation sites is 2. The average Bonchev–Trinajstić information content (AvgIpc) is 2.82. The van der Waals surface area contributed by atoms with Crippen LogP contribution >= 0.6 is 0 Å². The summed E-state index contributed by atoms with van der Waals surface area (Å²) in [5, 5.41) is 13.3. The Labute approximate surface area is 195 Å². The lowest BCUT2D eigenvalue weighted by molar-refractivity contribution is -0.384. The number of sulfonamides is 1. The average molecular weight is 484 g/mol. The molecule has 3 aromatic rings. The molecular weight excluding hydrogens is 462 g/mol. The second-order valence-electron chi connectivity index (χ2n) is 7.54. The summed E-state index contributed by atoms with van der Waals surface area (Å²) in [5.41, 5.74) is 0.787. The maximum Gasteiger partial charge on any atom is 0.269 e. The van der Waals surface area contributed by atoms with Crippen LogP contribution in [0.4, 0.5) is 17.1 Å². The van der Waals surface area contributed by atoms with Gasteiger partial charge < -0.3 is 14.8 Å². The molecule has 10 nitrogen and oxygen atoms in total. The second kappa shape index (κ2) is 9.40. The number of hydrogen-bond acceptors (Lipinski definition) is 7. The molecule has 1 amide bonds. The summed E-state index contributed by atoms with van der Waals surface area (Å²) < 4.78 is 38.9. The lowest BCUT2D eigenvalue weighted by atomic mass is 10.2. The highest BCUT2D eigenvalue weighted by molar-refractivity contribution is 7.92. The van der Waals surface area contributed by atoms with Crippen LogP contribution < -0.4 is 19.1 Å². The number of rotatable bonds is 7. The van der Waals surface area contributed by atoms with Crippen LogP contribution in [0.5, 0.6) is 11.5 Å². The molecule has 1 aliphatic rings. The Hall–Kier alpha value is -4.12. The molecule has 0 saturated heterocycles. The van der Waals surface area contributed by atoms with Crippen molar-refractivity contribution in [3.63, 3.8) is 0 Å². The van der Waals surface area contributed by atoms with Crippen LogP contribution in [0.15, 0.2) is 77.7 Å². The van der Waals surface area contributed by atoms with E-state index in [0.29, 0.717) is 22.9 Å². The van der Waals surface area contributed by atoms with Gasteiger partial charge in [0.2, 0.25) is 0 Å². The van der Waals surface area contributed by atoms with Gasteiger partial charge in [-0.2, -0.15) is 0 Å². The lowest BCUT2D eigenvalue weighted by Crippen LogP contribution is -2.42. The SMILES string of the molecule is C[C@H]1CN(S(=O)(=O)c2ccc(NC(=O)COc3ccc([N+](=O)[O-])cc3)cc2)c2ccccc2O1. The van der Waals surface area contributed by atoms with E-state index in [2.05, 4.69) is 5.32 Å². The number of carbonyl (C=O) groups excluding carboxylic acids is 1. The van der Waals surface area contributed by atoms with Crippen molar-refractivity contribution in [3.05, 3.63) is 82.9 Å². The number of anilines is 2. The molecule has 4 rings (SSSR count). The first-order chi connectivity index (χ1) is 16.2. The molecule has 11 heteroatoms. The number of nitrogens with one attached hydrogen (secondary N) is 1. The molecule has 3 aromatic carbocycles. The fraction of sp³-hybridized carbons (Fsp3) is 0.174.